The molecule has 0 aromatic heterocycles. The molecule has 74 valence electrons. The Balaban J connectivity index is 4.14. The van der Waals surface area contributed by atoms with Gasteiger partial charge >= 0.3 is 6.09 Å². The van der Waals surface area contributed by atoms with E-state index < -0.39 is 12.0 Å². The zero-order valence-electron chi connectivity index (χ0n) is 7.66. The third-order valence-corrected chi connectivity index (χ3v) is 1.34. The summed E-state index contributed by atoms with van der Waals surface area (Å²) >= 11 is 0. The maximum Gasteiger partial charge on any atom is 0.416 e. The Morgan fingerprint density at radius 2 is 2.23 bits per heavy atom. The quantitative estimate of drug-likeness (QED) is 0.633. The standard InChI is InChI=1S/C8H14N2O3/c1-3-5-13-8(12)10(4-2)7(11)6-9/h3H,1,4-6,9H2,2H3. The first-order valence-electron chi connectivity index (χ1n) is 3.95. The largest absolute Gasteiger partial charge is 0.445 e. The van der Waals surface area contributed by atoms with Crippen molar-refractivity contribution in [3.8, 4) is 0 Å². The molecule has 2 amide bonds. The van der Waals surface area contributed by atoms with Crippen LogP contribution < -0.4 is 5.73 Å². The second-order valence-corrected chi connectivity index (χ2v) is 2.21. The fraction of sp³-hybridized carbons (Fsp3) is 0.500. The monoisotopic (exact) mass is 186 g/mol. The molecule has 0 aliphatic heterocycles. The molecule has 0 radical (unpaired) electrons. The molecule has 5 nitrogen and oxygen atoms in total. The Labute approximate surface area is 77.1 Å². The van der Waals surface area contributed by atoms with Gasteiger partial charge in [0.15, 0.2) is 0 Å². The van der Waals surface area contributed by atoms with Gasteiger partial charge in [0.2, 0.25) is 5.91 Å². The van der Waals surface area contributed by atoms with Crippen LogP contribution in [0.25, 0.3) is 0 Å². The first-order valence-corrected chi connectivity index (χ1v) is 3.95. The third kappa shape index (κ3) is 3.71. The average Bonchev–Trinajstić information content (AvgIpc) is 2.15. The van der Waals surface area contributed by atoms with Gasteiger partial charge in [0.25, 0.3) is 0 Å². The van der Waals surface area contributed by atoms with Crippen molar-refractivity contribution in [2.75, 3.05) is 19.7 Å². The summed E-state index contributed by atoms with van der Waals surface area (Å²) in [6.07, 6.45) is 0.747. The number of nitrogens with two attached hydrogens (primary N) is 1. The Morgan fingerprint density at radius 3 is 2.62 bits per heavy atom. The van der Waals surface area contributed by atoms with Crippen LogP contribution in [-0.4, -0.2) is 36.6 Å². The number of ether oxygens (including phenoxy) is 1. The molecule has 0 rings (SSSR count). The molecule has 0 aliphatic rings. The van der Waals surface area contributed by atoms with Crippen molar-refractivity contribution in [3.63, 3.8) is 0 Å². The van der Waals surface area contributed by atoms with Crippen LogP contribution in [0, 0.1) is 0 Å². The van der Waals surface area contributed by atoms with E-state index in [0.717, 1.165) is 4.90 Å². The molecule has 0 heterocycles. The lowest BCUT2D eigenvalue weighted by Gasteiger charge is -2.16. The third-order valence-electron chi connectivity index (χ3n) is 1.34. The van der Waals surface area contributed by atoms with E-state index in [2.05, 4.69) is 11.3 Å². The first-order chi connectivity index (χ1) is 6.17. The highest BCUT2D eigenvalue weighted by Crippen LogP contribution is 1.94. The summed E-state index contributed by atoms with van der Waals surface area (Å²) in [7, 11) is 0. The number of rotatable bonds is 4. The predicted molar refractivity (Wildman–Crippen MR) is 48.0 cm³/mol. The van der Waals surface area contributed by atoms with Gasteiger partial charge in [0.1, 0.15) is 6.61 Å². The van der Waals surface area contributed by atoms with Crippen molar-refractivity contribution in [2.24, 2.45) is 5.73 Å². The number of amides is 2. The van der Waals surface area contributed by atoms with Crippen molar-refractivity contribution in [3.05, 3.63) is 12.7 Å². The van der Waals surface area contributed by atoms with Gasteiger partial charge in [-0.05, 0) is 6.92 Å². The highest BCUT2D eigenvalue weighted by Gasteiger charge is 2.18. The minimum Gasteiger partial charge on any atom is -0.445 e. The molecule has 5 heteroatoms. The van der Waals surface area contributed by atoms with E-state index in [1.54, 1.807) is 6.92 Å². The Hall–Kier alpha value is -1.36. The van der Waals surface area contributed by atoms with Crippen LogP contribution in [0.2, 0.25) is 0 Å². The minimum absolute atomic E-state index is 0.0905. The number of carbonyl (C=O) groups excluding carboxylic acids is 2. The summed E-state index contributed by atoms with van der Waals surface area (Å²) in [5.41, 5.74) is 5.10. The van der Waals surface area contributed by atoms with E-state index in [1.165, 1.54) is 6.08 Å². The van der Waals surface area contributed by atoms with Crippen molar-refractivity contribution < 1.29 is 14.3 Å². The molecular formula is C8H14N2O3. The van der Waals surface area contributed by atoms with Gasteiger partial charge < -0.3 is 10.5 Å². The lowest BCUT2D eigenvalue weighted by molar-refractivity contribution is -0.127. The molecule has 0 aromatic rings. The number of likely N-dealkylation sites (N-methyl/N-ethyl adjacent to an activating group) is 1. The van der Waals surface area contributed by atoms with E-state index in [4.69, 9.17) is 5.73 Å². The SMILES string of the molecule is C=CCOC(=O)N(CC)C(=O)CN. The zero-order chi connectivity index (χ0) is 10.3. The molecule has 2 N–H and O–H groups in total. The highest BCUT2D eigenvalue weighted by molar-refractivity contribution is 5.92. The Kier molecular flexibility index (Phi) is 5.54. The van der Waals surface area contributed by atoms with E-state index in [9.17, 15) is 9.59 Å². The Morgan fingerprint density at radius 1 is 1.62 bits per heavy atom. The topological polar surface area (TPSA) is 72.6 Å². The van der Waals surface area contributed by atoms with Gasteiger partial charge in [-0.15, -0.1) is 0 Å². The van der Waals surface area contributed by atoms with E-state index in [1.807, 2.05) is 0 Å². The molecule has 0 fully saturated rings. The number of hydrogen-bond acceptors (Lipinski definition) is 4. The highest BCUT2D eigenvalue weighted by atomic mass is 16.6. The van der Waals surface area contributed by atoms with Gasteiger partial charge in [0.05, 0.1) is 6.54 Å². The summed E-state index contributed by atoms with van der Waals surface area (Å²) in [6, 6.07) is 0. The summed E-state index contributed by atoms with van der Waals surface area (Å²) in [6.45, 7) is 5.20. The van der Waals surface area contributed by atoms with Crippen LogP contribution in [0.15, 0.2) is 12.7 Å². The van der Waals surface area contributed by atoms with Crippen molar-refractivity contribution in [2.45, 2.75) is 6.92 Å². The first kappa shape index (κ1) is 11.6. The van der Waals surface area contributed by atoms with Crippen LogP contribution in [-0.2, 0) is 9.53 Å². The van der Waals surface area contributed by atoms with Crippen LogP contribution >= 0.6 is 0 Å². The molecule has 0 aromatic carbocycles. The zero-order valence-corrected chi connectivity index (χ0v) is 7.66. The molecule has 0 aliphatic carbocycles. The second kappa shape index (κ2) is 6.19. The Bertz CT molecular complexity index is 204. The molecule has 0 unspecified atom stereocenters. The van der Waals surface area contributed by atoms with Crippen LogP contribution in [0.1, 0.15) is 6.92 Å². The number of imide groups is 1. The van der Waals surface area contributed by atoms with Gasteiger partial charge in [0, 0.05) is 6.54 Å². The van der Waals surface area contributed by atoms with Gasteiger partial charge in [-0.3, -0.25) is 4.79 Å². The molecule has 0 bridgehead atoms. The second-order valence-electron chi connectivity index (χ2n) is 2.21. The van der Waals surface area contributed by atoms with Gasteiger partial charge in [-0.25, -0.2) is 9.69 Å². The van der Waals surface area contributed by atoms with Crippen LogP contribution in [0.3, 0.4) is 0 Å². The van der Waals surface area contributed by atoms with Crippen LogP contribution in [0.5, 0.6) is 0 Å². The van der Waals surface area contributed by atoms with Crippen molar-refractivity contribution >= 4 is 12.0 Å². The molecule has 13 heavy (non-hydrogen) atoms. The van der Waals surface area contributed by atoms with Crippen molar-refractivity contribution in [1.29, 1.82) is 0 Å². The molecular weight excluding hydrogens is 172 g/mol. The molecule has 0 atom stereocenters. The number of carbonyl (C=O) groups is 2. The number of nitrogens with zero attached hydrogens (tertiary/aromatic N) is 1. The molecule has 0 saturated heterocycles. The molecule has 0 spiro atoms. The van der Waals surface area contributed by atoms with E-state index in [0.29, 0.717) is 0 Å². The fourth-order valence-electron chi connectivity index (χ4n) is 0.726. The maximum absolute atomic E-state index is 11.1. The minimum atomic E-state index is -0.683. The summed E-state index contributed by atoms with van der Waals surface area (Å²) in [5, 5.41) is 0. The summed E-state index contributed by atoms with van der Waals surface area (Å²) in [4.78, 5) is 23.1. The average molecular weight is 186 g/mol. The van der Waals surface area contributed by atoms with Gasteiger partial charge in [-0.1, -0.05) is 12.7 Å². The summed E-state index contributed by atoms with van der Waals surface area (Å²) < 4.78 is 4.66. The normalized spacial score (nSPS) is 9.08. The molecule has 0 saturated carbocycles. The van der Waals surface area contributed by atoms with E-state index >= 15 is 0 Å². The smallest absolute Gasteiger partial charge is 0.416 e. The van der Waals surface area contributed by atoms with Crippen LogP contribution in [0.4, 0.5) is 4.79 Å². The fourth-order valence-corrected chi connectivity index (χ4v) is 0.726. The lowest BCUT2D eigenvalue weighted by atomic mass is 10.5. The lowest BCUT2D eigenvalue weighted by Crippen LogP contribution is -2.40. The number of hydrogen-bond donors (Lipinski definition) is 1. The van der Waals surface area contributed by atoms with Gasteiger partial charge in [-0.2, -0.15) is 0 Å². The van der Waals surface area contributed by atoms with Crippen molar-refractivity contribution in [1.82, 2.24) is 4.90 Å². The summed E-state index contributed by atoms with van der Waals surface area (Å²) in [5.74, 6) is -0.448. The maximum atomic E-state index is 11.1. The predicted octanol–water partition coefficient (Wildman–Crippen LogP) is 0.116. The van der Waals surface area contributed by atoms with E-state index in [-0.39, 0.29) is 19.7 Å².